The molecule has 0 spiro atoms. The lowest BCUT2D eigenvalue weighted by Gasteiger charge is -2.19. The van der Waals surface area contributed by atoms with E-state index in [2.05, 4.69) is 29.2 Å². The second kappa shape index (κ2) is 8.85. The molecule has 0 amide bonds. The maximum Gasteiger partial charge on any atom is 0.171 e. The van der Waals surface area contributed by atoms with Gasteiger partial charge in [0, 0.05) is 22.3 Å². The fourth-order valence-electron chi connectivity index (χ4n) is 3.64. The molecule has 0 fully saturated rings. The van der Waals surface area contributed by atoms with Crippen LogP contribution in [0, 0.1) is 0 Å². The Morgan fingerprint density at radius 2 is 1.62 bits per heavy atom. The largest absolute Gasteiger partial charge is 0.492 e. The SMILES string of the molecule is CN(C)CCOc1ccc(C(=O)C2c3ccccc3SC2c2ccccc2)cc1. The molecule has 0 aromatic heterocycles. The van der Waals surface area contributed by atoms with Crippen LogP contribution in [0.15, 0.2) is 83.8 Å². The second-order valence-electron chi connectivity index (χ2n) is 7.50. The second-order valence-corrected chi connectivity index (χ2v) is 8.69. The zero-order valence-electron chi connectivity index (χ0n) is 16.7. The van der Waals surface area contributed by atoms with Gasteiger partial charge in [-0.2, -0.15) is 0 Å². The van der Waals surface area contributed by atoms with Gasteiger partial charge in [0.25, 0.3) is 0 Å². The number of thioether (sulfide) groups is 1. The van der Waals surface area contributed by atoms with Crippen molar-refractivity contribution in [3.05, 3.63) is 95.6 Å². The van der Waals surface area contributed by atoms with E-state index in [-0.39, 0.29) is 17.0 Å². The number of hydrogen-bond donors (Lipinski definition) is 0. The van der Waals surface area contributed by atoms with Crippen LogP contribution >= 0.6 is 11.8 Å². The van der Waals surface area contributed by atoms with Crippen molar-refractivity contribution in [2.75, 3.05) is 27.2 Å². The highest BCUT2D eigenvalue weighted by Gasteiger charge is 2.39. The predicted molar refractivity (Wildman–Crippen MR) is 119 cm³/mol. The van der Waals surface area contributed by atoms with Gasteiger partial charge in [-0.1, -0.05) is 48.5 Å². The molecule has 148 valence electrons. The molecule has 0 radical (unpaired) electrons. The van der Waals surface area contributed by atoms with Crippen LogP contribution in [0.25, 0.3) is 0 Å². The maximum atomic E-state index is 13.5. The molecule has 2 unspecified atom stereocenters. The van der Waals surface area contributed by atoms with Crippen molar-refractivity contribution in [1.29, 1.82) is 0 Å². The molecule has 0 aliphatic carbocycles. The van der Waals surface area contributed by atoms with Gasteiger partial charge in [0.1, 0.15) is 12.4 Å². The first-order valence-corrected chi connectivity index (χ1v) is 10.7. The first-order chi connectivity index (χ1) is 14.1. The van der Waals surface area contributed by atoms with Crippen LogP contribution < -0.4 is 4.74 Å². The van der Waals surface area contributed by atoms with Crippen LogP contribution in [0.2, 0.25) is 0 Å². The molecule has 0 bridgehead atoms. The average Bonchev–Trinajstić information content (AvgIpc) is 3.14. The van der Waals surface area contributed by atoms with Crippen molar-refractivity contribution in [3.8, 4) is 5.75 Å². The van der Waals surface area contributed by atoms with Gasteiger partial charge in [-0.15, -0.1) is 11.8 Å². The third-order valence-electron chi connectivity index (χ3n) is 5.17. The third kappa shape index (κ3) is 4.39. The number of benzene rings is 3. The van der Waals surface area contributed by atoms with Crippen molar-refractivity contribution in [2.24, 2.45) is 0 Å². The lowest BCUT2D eigenvalue weighted by atomic mass is 9.85. The summed E-state index contributed by atoms with van der Waals surface area (Å²) in [5, 5.41) is 0.0946. The molecular weight excluding hydrogens is 378 g/mol. The summed E-state index contributed by atoms with van der Waals surface area (Å²) in [4.78, 5) is 16.8. The van der Waals surface area contributed by atoms with E-state index < -0.39 is 0 Å². The average molecular weight is 404 g/mol. The van der Waals surface area contributed by atoms with Gasteiger partial charge in [0.05, 0.1) is 5.92 Å². The maximum absolute atomic E-state index is 13.5. The first-order valence-electron chi connectivity index (χ1n) is 9.86. The zero-order valence-corrected chi connectivity index (χ0v) is 17.6. The lowest BCUT2D eigenvalue weighted by molar-refractivity contribution is 0.0958. The summed E-state index contributed by atoms with van der Waals surface area (Å²) in [6.45, 7) is 1.48. The molecule has 2 atom stereocenters. The van der Waals surface area contributed by atoms with Crippen LogP contribution in [0.3, 0.4) is 0 Å². The standard InChI is InChI=1S/C25H25NO2S/c1-26(2)16-17-28-20-14-12-18(13-15-20)24(27)23-21-10-6-7-11-22(21)29-25(23)19-8-4-3-5-9-19/h3-15,23,25H,16-17H2,1-2H3. The van der Waals surface area contributed by atoms with Crippen LogP contribution in [-0.4, -0.2) is 37.9 Å². The Morgan fingerprint density at radius 3 is 2.34 bits per heavy atom. The Morgan fingerprint density at radius 1 is 0.931 bits per heavy atom. The number of ketones is 1. The van der Waals surface area contributed by atoms with Crippen molar-refractivity contribution in [2.45, 2.75) is 16.1 Å². The van der Waals surface area contributed by atoms with Gasteiger partial charge in [0.15, 0.2) is 5.78 Å². The number of hydrogen-bond acceptors (Lipinski definition) is 4. The molecule has 0 N–H and O–H groups in total. The quantitative estimate of drug-likeness (QED) is 0.491. The van der Waals surface area contributed by atoms with Gasteiger partial charge in [-0.25, -0.2) is 0 Å². The number of carbonyl (C=O) groups excluding carboxylic acids is 1. The zero-order chi connectivity index (χ0) is 20.2. The fraction of sp³-hybridized carbons (Fsp3) is 0.240. The minimum Gasteiger partial charge on any atom is -0.492 e. The number of ether oxygens (including phenoxy) is 1. The summed E-state index contributed by atoms with van der Waals surface area (Å²) in [6, 6.07) is 26.2. The van der Waals surface area contributed by atoms with Crippen molar-refractivity contribution >= 4 is 17.5 Å². The van der Waals surface area contributed by atoms with Gasteiger partial charge in [0.2, 0.25) is 0 Å². The monoisotopic (exact) mass is 403 g/mol. The summed E-state index contributed by atoms with van der Waals surface area (Å²) >= 11 is 1.79. The molecule has 3 nitrogen and oxygen atoms in total. The van der Waals surface area contributed by atoms with Crippen LogP contribution in [0.1, 0.15) is 32.7 Å². The van der Waals surface area contributed by atoms with E-state index in [0.717, 1.165) is 23.4 Å². The lowest BCUT2D eigenvalue weighted by Crippen LogP contribution is -2.19. The fourth-order valence-corrected chi connectivity index (χ4v) is 5.10. The Bertz CT molecular complexity index is 970. The molecule has 3 aromatic rings. The van der Waals surface area contributed by atoms with E-state index in [9.17, 15) is 4.79 Å². The molecule has 4 heteroatoms. The van der Waals surface area contributed by atoms with Crippen molar-refractivity contribution in [1.82, 2.24) is 4.90 Å². The molecule has 1 aliphatic rings. The van der Waals surface area contributed by atoms with Gasteiger partial charge < -0.3 is 9.64 Å². The molecular formula is C25H25NO2S. The molecule has 29 heavy (non-hydrogen) atoms. The summed E-state index contributed by atoms with van der Waals surface area (Å²) in [5.74, 6) is 0.777. The highest BCUT2D eigenvalue weighted by molar-refractivity contribution is 8.00. The van der Waals surface area contributed by atoms with Gasteiger partial charge >= 0.3 is 0 Å². The predicted octanol–water partition coefficient (Wildman–Crippen LogP) is 5.44. The summed E-state index contributed by atoms with van der Waals surface area (Å²) in [5.41, 5.74) is 3.05. The molecule has 0 saturated heterocycles. The number of fused-ring (bicyclic) bond motifs is 1. The first kappa shape index (κ1) is 19.7. The van der Waals surface area contributed by atoms with E-state index in [0.29, 0.717) is 6.61 Å². The van der Waals surface area contributed by atoms with Crippen molar-refractivity contribution < 1.29 is 9.53 Å². The normalized spacial score (nSPS) is 17.9. The smallest absolute Gasteiger partial charge is 0.171 e. The molecule has 0 saturated carbocycles. The highest BCUT2D eigenvalue weighted by atomic mass is 32.2. The Hall–Kier alpha value is -2.56. The number of likely N-dealkylation sites (N-methyl/N-ethyl adjacent to an activating group) is 1. The number of rotatable bonds is 7. The number of Topliss-reactive ketones (excluding diaryl/α,β-unsaturated/α-hetero) is 1. The van der Waals surface area contributed by atoms with E-state index in [1.54, 1.807) is 11.8 Å². The van der Waals surface area contributed by atoms with Gasteiger partial charge in [-0.05, 0) is 55.6 Å². The molecule has 4 rings (SSSR count). The topological polar surface area (TPSA) is 29.5 Å². The Kier molecular flexibility index (Phi) is 6.02. The summed E-state index contributed by atoms with van der Waals surface area (Å²) in [6.07, 6.45) is 0. The molecule has 1 aliphatic heterocycles. The van der Waals surface area contributed by atoms with Crippen LogP contribution in [0.5, 0.6) is 5.75 Å². The highest BCUT2D eigenvalue weighted by Crippen LogP contribution is 2.55. The minimum atomic E-state index is -0.181. The van der Waals surface area contributed by atoms with Crippen LogP contribution in [0.4, 0.5) is 0 Å². The third-order valence-corrected chi connectivity index (χ3v) is 6.59. The van der Waals surface area contributed by atoms with E-state index in [1.165, 1.54) is 10.5 Å². The molecule has 1 heterocycles. The van der Waals surface area contributed by atoms with Crippen LogP contribution in [-0.2, 0) is 0 Å². The number of nitrogens with zero attached hydrogens (tertiary/aromatic N) is 1. The van der Waals surface area contributed by atoms with E-state index in [4.69, 9.17) is 4.74 Å². The van der Waals surface area contributed by atoms with E-state index in [1.807, 2.05) is 68.7 Å². The van der Waals surface area contributed by atoms with Crippen molar-refractivity contribution in [3.63, 3.8) is 0 Å². The Balaban J connectivity index is 1.58. The molecule has 3 aromatic carbocycles. The van der Waals surface area contributed by atoms with Gasteiger partial charge in [-0.3, -0.25) is 4.79 Å². The summed E-state index contributed by atoms with van der Waals surface area (Å²) in [7, 11) is 4.04. The Labute approximate surface area is 176 Å². The summed E-state index contributed by atoms with van der Waals surface area (Å²) < 4.78 is 5.77. The van der Waals surface area contributed by atoms with E-state index >= 15 is 0 Å². The number of carbonyl (C=O) groups is 1. The minimum absolute atomic E-state index is 0.0946.